The monoisotopic (exact) mass is 338 g/mol. The Morgan fingerprint density at radius 2 is 1.95 bits per heavy atom. The van der Waals surface area contributed by atoms with Crippen LogP contribution >= 0.6 is 15.9 Å². The zero-order valence-corrected chi connectivity index (χ0v) is 11.8. The van der Waals surface area contributed by atoms with E-state index in [-0.39, 0.29) is 12.3 Å². The highest BCUT2D eigenvalue weighted by atomic mass is 79.9. The van der Waals surface area contributed by atoms with Crippen molar-refractivity contribution >= 4 is 27.7 Å². The lowest BCUT2D eigenvalue weighted by molar-refractivity contribution is -0.123. The van der Waals surface area contributed by atoms with Crippen LogP contribution in [-0.4, -0.2) is 28.6 Å². The van der Waals surface area contributed by atoms with Crippen LogP contribution in [0.15, 0.2) is 41.0 Å². The van der Waals surface area contributed by atoms with Crippen molar-refractivity contribution in [2.75, 3.05) is 6.61 Å². The van der Waals surface area contributed by atoms with Gasteiger partial charge < -0.3 is 4.74 Å². The van der Waals surface area contributed by atoms with Gasteiger partial charge in [-0.2, -0.15) is 5.10 Å². The second-order valence-corrected chi connectivity index (χ2v) is 4.63. The molecule has 0 saturated carbocycles. The average molecular weight is 339 g/mol. The van der Waals surface area contributed by atoms with Gasteiger partial charge in [-0.15, -0.1) is 0 Å². The molecule has 3 N–H and O–H groups in total. The first-order valence-corrected chi connectivity index (χ1v) is 6.41. The number of carbonyl (C=O) groups is 2. The molecule has 0 unspecified atom stereocenters. The molecule has 2 amide bonds. The molecular formula is C12H11BrN4O3. The van der Waals surface area contributed by atoms with Crippen LogP contribution in [0.5, 0.6) is 5.75 Å². The number of aromatic nitrogens is 2. The Kier molecular flexibility index (Phi) is 4.72. The molecule has 0 saturated heterocycles. The summed E-state index contributed by atoms with van der Waals surface area (Å²) in [5, 5.41) is 6.10. The van der Waals surface area contributed by atoms with Crippen molar-refractivity contribution in [1.29, 1.82) is 0 Å². The van der Waals surface area contributed by atoms with E-state index in [2.05, 4.69) is 37.0 Å². The fraction of sp³-hybridized carbons (Fsp3) is 0.0833. The van der Waals surface area contributed by atoms with Crippen molar-refractivity contribution in [2.24, 2.45) is 0 Å². The van der Waals surface area contributed by atoms with E-state index in [0.29, 0.717) is 5.75 Å². The minimum absolute atomic E-state index is 0.203. The number of nitrogens with zero attached hydrogens (tertiary/aromatic N) is 1. The van der Waals surface area contributed by atoms with Crippen LogP contribution in [-0.2, 0) is 4.79 Å². The van der Waals surface area contributed by atoms with E-state index < -0.39 is 11.8 Å². The number of hydrogen-bond donors (Lipinski definition) is 3. The molecule has 1 heterocycles. The van der Waals surface area contributed by atoms with Crippen molar-refractivity contribution in [2.45, 2.75) is 0 Å². The lowest BCUT2D eigenvalue weighted by Crippen LogP contribution is -2.43. The number of aromatic amines is 1. The van der Waals surface area contributed by atoms with Crippen LogP contribution in [0.25, 0.3) is 0 Å². The lowest BCUT2D eigenvalue weighted by Gasteiger charge is -2.08. The minimum Gasteiger partial charge on any atom is -0.484 e. The first-order chi connectivity index (χ1) is 9.65. The largest absolute Gasteiger partial charge is 0.484 e. The first kappa shape index (κ1) is 14.1. The standard InChI is InChI=1S/C12H11BrN4O3/c13-8-1-3-9(4-2-8)20-7-11(18)16-17-12(19)10-5-6-14-15-10/h1-6H,7H2,(H,14,15)(H,16,18)(H,17,19). The molecule has 2 rings (SSSR count). The number of halogens is 1. The maximum Gasteiger partial charge on any atom is 0.287 e. The van der Waals surface area contributed by atoms with Crippen LogP contribution in [0.4, 0.5) is 0 Å². The third-order valence-corrected chi connectivity index (χ3v) is 2.77. The van der Waals surface area contributed by atoms with E-state index in [4.69, 9.17) is 4.74 Å². The molecule has 1 aromatic heterocycles. The summed E-state index contributed by atoms with van der Waals surface area (Å²) < 4.78 is 6.16. The van der Waals surface area contributed by atoms with Gasteiger partial charge in [0, 0.05) is 10.7 Å². The smallest absolute Gasteiger partial charge is 0.287 e. The zero-order valence-electron chi connectivity index (χ0n) is 10.2. The van der Waals surface area contributed by atoms with E-state index in [0.717, 1.165) is 4.47 Å². The third-order valence-electron chi connectivity index (χ3n) is 2.24. The zero-order chi connectivity index (χ0) is 14.4. The number of hydrazine groups is 1. The Morgan fingerprint density at radius 1 is 1.20 bits per heavy atom. The van der Waals surface area contributed by atoms with E-state index >= 15 is 0 Å². The highest BCUT2D eigenvalue weighted by molar-refractivity contribution is 9.10. The van der Waals surface area contributed by atoms with Gasteiger partial charge in [0.1, 0.15) is 11.4 Å². The SMILES string of the molecule is O=C(COc1ccc(Br)cc1)NNC(=O)c1ccn[nH]1. The molecule has 1 aromatic carbocycles. The molecular weight excluding hydrogens is 328 g/mol. The fourth-order valence-corrected chi connectivity index (χ4v) is 1.56. The number of benzene rings is 1. The average Bonchev–Trinajstić information content (AvgIpc) is 2.98. The fourth-order valence-electron chi connectivity index (χ4n) is 1.29. The summed E-state index contributed by atoms with van der Waals surface area (Å²) in [6.45, 7) is -0.203. The van der Waals surface area contributed by atoms with Gasteiger partial charge in [0.25, 0.3) is 11.8 Å². The topological polar surface area (TPSA) is 96.1 Å². The number of rotatable bonds is 4. The van der Waals surface area contributed by atoms with Gasteiger partial charge in [-0.1, -0.05) is 15.9 Å². The number of nitrogens with one attached hydrogen (secondary N) is 3. The van der Waals surface area contributed by atoms with Gasteiger partial charge in [0.15, 0.2) is 6.61 Å². The number of ether oxygens (including phenoxy) is 1. The van der Waals surface area contributed by atoms with Gasteiger partial charge >= 0.3 is 0 Å². The Labute approximate surface area is 122 Å². The Bertz CT molecular complexity index is 583. The molecule has 20 heavy (non-hydrogen) atoms. The summed E-state index contributed by atoms with van der Waals surface area (Å²) in [4.78, 5) is 23.0. The molecule has 0 aliphatic rings. The van der Waals surface area contributed by atoms with Gasteiger partial charge in [-0.05, 0) is 30.3 Å². The van der Waals surface area contributed by atoms with Gasteiger partial charge in [-0.3, -0.25) is 25.5 Å². The van der Waals surface area contributed by atoms with Gasteiger partial charge in [0.2, 0.25) is 0 Å². The van der Waals surface area contributed by atoms with Crippen molar-refractivity contribution < 1.29 is 14.3 Å². The number of amides is 2. The van der Waals surface area contributed by atoms with E-state index in [1.807, 2.05) is 0 Å². The Balaban J connectivity index is 1.73. The first-order valence-electron chi connectivity index (χ1n) is 5.62. The van der Waals surface area contributed by atoms with Crippen molar-refractivity contribution in [3.63, 3.8) is 0 Å². The quantitative estimate of drug-likeness (QED) is 0.725. The van der Waals surface area contributed by atoms with Gasteiger partial charge in [0.05, 0.1) is 0 Å². The molecule has 0 aliphatic carbocycles. The Hall–Kier alpha value is -2.35. The van der Waals surface area contributed by atoms with Crippen LogP contribution in [0.1, 0.15) is 10.5 Å². The molecule has 7 nitrogen and oxygen atoms in total. The molecule has 2 aromatic rings. The van der Waals surface area contributed by atoms with Crippen molar-refractivity contribution in [3.8, 4) is 5.75 Å². The maximum absolute atomic E-state index is 11.5. The lowest BCUT2D eigenvalue weighted by atomic mass is 10.3. The second kappa shape index (κ2) is 6.71. The number of H-pyrrole nitrogens is 1. The maximum atomic E-state index is 11.5. The van der Waals surface area contributed by atoms with E-state index in [1.165, 1.54) is 12.3 Å². The second-order valence-electron chi connectivity index (χ2n) is 3.72. The highest BCUT2D eigenvalue weighted by Gasteiger charge is 2.08. The molecule has 8 heteroatoms. The number of carbonyl (C=O) groups excluding carboxylic acids is 2. The van der Waals surface area contributed by atoms with Crippen LogP contribution in [0, 0.1) is 0 Å². The minimum atomic E-state index is -0.487. The summed E-state index contributed by atoms with van der Waals surface area (Å²) in [6.07, 6.45) is 1.44. The molecule has 0 bridgehead atoms. The van der Waals surface area contributed by atoms with Crippen molar-refractivity contribution in [1.82, 2.24) is 21.0 Å². The normalized spacial score (nSPS) is 9.85. The summed E-state index contributed by atoms with van der Waals surface area (Å²) >= 11 is 3.29. The van der Waals surface area contributed by atoms with Crippen molar-refractivity contribution in [3.05, 3.63) is 46.7 Å². The summed E-state index contributed by atoms with van der Waals surface area (Å²) in [7, 11) is 0. The predicted molar refractivity (Wildman–Crippen MR) is 73.8 cm³/mol. The molecule has 0 fully saturated rings. The van der Waals surface area contributed by atoms with Crippen LogP contribution in [0.2, 0.25) is 0 Å². The Morgan fingerprint density at radius 3 is 2.60 bits per heavy atom. The molecule has 0 radical (unpaired) electrons. The highest BCUT2D eigenvalue weighted by Crippen LogP contribution is 2.15. The predicted octanol–water partition coefficient (Wildman–Crippen LogP) is 1.01. The van der Waals surface area contributed by atoms with Crippen LogP contribution in [0.3, 0.4) is 0 Å². The van der Waals surface area contributed by atoms with E-state index in [9.17, 15) is 9.59 Å². The van der Waals surface area contributed by atoms with Crippen LogP contribution < -0.4 is 15.6 Å². The molecule has 0 atom stereocenters. The molecule has 0 spiro atoms. The summed E-state index contributed by atoms with van der Waals surface area (Å²) in [5.41, 5.74) is 4.71. The summed E-state index contributed by atoms with van der Waals surface area (Å²) in [6, 6.07) is 8.53. The molecule has 0 aliphatic heterocycles. The van der Waals surface area contributed by atoms with E-state index in [1.54, 1.807) is 24.3 Å². The third kappa shape index (κ3) is 4.09. The molecule has 104 valence electrons. The summed E-state index contributed by atoms with van der Waals surface area (Å²) in [5.74, 6) is -0.400. The van der Waals surface area contributed by atoms with Gasteiger partial charge in [-0.25, -0.2) is 0 Å². The number of hydrogen-bond acceptors (Lipinski definition) is 4.